The lowest BCUT2D eigenvalue weighted by atomic mass is 9.54. The van der Waals surface area contributed by atoms with Gasteiger partial charge < -0.3 is 9.97 Å². The highest BCUT2D eigenvalue weighted by Gasteiger charge is 2.61. The van der Waals surface area contributed by atoms with Crippen LogP contribution in [0.15, 0.2) is 60.9 Å². The number of hydrogen-bond donors (Lipinski definition) is 2. The maximum absolute atomic E-state index is 13.9. The number of rotatable bonds is 8. The summed E-state index contributed by atoms with van der Waals surface area (Å²) in [6.07, 6.45) is 3.55. The highest BCUT2D eigenvalue weighted by Crippen LogP contribution is 2.54. The van der Waals surface area contributed by atoms with Crippen molar-refractivity contribution in [3.05, 3.63) is 92.3 Å². The van der Waals surface area contributed by atoms with E-state index in [9.17, 15) is 29.8 Å². The number of carbonyl (C=O) groups is 2. The lowest BCUT2D eigenvalue weighted by Crippen LogP contribution is -2.54. The molecule has 184 valence electrons. The van der Waals surface area contributed by atoms with Crippen LogP contribution in [0.3, 0.4) is 0 Å². The molecule has 2 unspecified atom stereocenters. The zero-order valence-electron chi connectivity index (χ0n) is 19.3. The van der Waals surface area contributed by atoms with Gasteiger partial charge in [-0.3, -0.25) is 29.8 Å². The number of aromatic nitrogens is 2. The summed E-state index contributed by atoms with van der Waals surface area (Å²) in [6.45, 7) is -1.42. The number of para-hydroxylation sites is 2. The molecule has 36 heavy (non-hydrogen) atoms. The Morgan fingerprint density at radius 1 is 0.750 bits per heavy atom. The van der Waals surface area contributed by atoms with Gasteiger partial charge in [0, 0.05) is 56.9 Å². The van der Waals surface area contributed by atoms with Gasteiger partial charge in [0.1, 0.15) is 17.0 Å². The molecule has 0 aliphatic heterocycles. The molecule has 10 nitrogen and oxygen atoms in total. The van der Waals surface area contributed by atoms with Crippen molar-refractivity contribution < 1.29 is 19.4 Å². The van der Waals surface area contributed by atoms with E-state index in [1.807, 2.05) is 0 Å². The molecule has 1 saturated carbocycles. The number of nitrogens with one attached hydrogen (secondary N) is 2. The summed E-state index contributed by atoms with van der Waals surface area (Å²) in [6, 6.07) is 14.3. The van der Waals surface area contributed by atoms with Crippen LogP contribution in [0.5, 0.6) is 0 Å². The summed E-state index contributed by atoms with van der Waals surface area (Å²) >= 11 is 0. The van der Waals surface area contributed by atoms with Crippen molar-refractivity contribution >= 4 is 33.4 Å². The average Bonchev–Trinajstić information content (AvgIpc) is 3.46. The molecule has 0 saturated heterocycles. The van der Waals surface area contributed by atoms with Gasteiger partial charge in [0.2, 0.25) is 13.1 Å². The Morgan fingerprint density at radius 2 is 1.17 bits per heavy atom. The molecule has 5 rings (SSSR count). The quantitative estimate of drug-likeness (QED) is 0.213. The normalized spacial score (nSPS) is 17.3. The van der Waals surface area contributed by atoms with Crippen LogP contribution in [-0.2, 0) is 9.59 Å². The maximum Gasteiger partial charge on any atom is 0.212 e. The summed E-state index contributed by atoms with van der Waals surface area (Å²) in [4.78, 5) is 57.0. The lowest BCUT2D eigenvalue weighted by molar-refractivity contribution is -0.492. The van der Waals surface area contributed by atoms with Crippen LogP contribution in [0.2, 0.25) is 0 Å². The Morgan fingerprint density at radius 3 is 1.58 bits per heavy atom. The van der Waals surface area contributed by atoms with E-state index in [1.165, 1.54) is 0 Å². The molecule has 0 radical (unpaired) electrons. The molecule has 0 spiro atoms. The first kappa shape index (κ1) is 23.4. The van der Waals surface area contributed by atoms with Gasteiger partial charge >= 0.3 is 0 Å². The van der Waals surface area contributed by atoms with Gasteiger partial charge in [-0.05, 0) is 29.7 Å². The van der Waals surface area contributed by atoms with Gasteiger partial charge in [-0.15, -0.1) is 0 Å². The molecule has 1 aliphatic carbocycles. The number of ketones is 2. The Bertz CT molecular complexity index is 1390. The predicted molar refractivity (Wildman–Crippen MR) is 132 cm³/mol. The monoisotopic (exact) mass is 488 g/mol. The third-order valence-corrected chi connectivity index (χ3v) is 7.49. The molecule has 1 fully saturated rings. The summed E-state index contributed by atoms with van der Waals surface area (Å²) in [5, 5.41) is 25.3. The first-order valence-electron chi connectivity index (χ1n) is 11.8. The number of benzene rings is 2. The molecule has 1 aliphatic rings. The predicted octanol–water partition coefficient (Wildman–Crippen LogP) is 4.38. The van der Waals surface area contributed by atoms with Gasteiger partial charge in [0.15, 0.2) is 0 Å². The third-order valence-electron chi connectivity index (χ3n) is 7.49. The molecule has 2 N–H and O–H groups in total. The molecular formula is C26H24N4O6. The van der Waals surface area contributed by atoms with Crippen molar-refractivity contribution in [1.29, 1.82) is 0 Å². The number of Topliss-reactive ketones (excluding diaryl/α,β-unsaturated/α-hetero) is 2. The fraction of sp³-hybridized carbons (Fsp3) is 0.308. The SMILES string of the molecule is O=C1CCCC(=O)C1(C(C[N+](=O)[O-])c1c[nH]c2ccccc12)C(C[N+](=O)[O-])c1c[nH]c2ccccc12. The Hall–Kier alpha value is -4.34. The molecule has 4 aromatic rings. The zero-order chi connectivity index (χ0) is 25.4. The van der Waals surface area contributed by atoms with Gasteiger partial charge in [-0.25, -0.2) is 0 Å². The second-order valence-electron chi connectivity index (χ2n) is 9.28. The fourth-order valence-electron chi connectivity index (χ4n) is 6.04. The number of hydrogen-bond acceptors (Lipinski definition) is 6. The molecule has 0 bridgehead atoms. The number of nitro groups is 2. The highest BCUT2D eigenvalue weighted by atomic mass is 16.6. The summed E-state index contributed by atoms with van der Waals surface area (Å²) in [5.74, 6) is -3.34. The Balaban J connectivity index is 1.83. The van der Waals surface area contributed by atoms with Gasteiger partial charge in [-0.2, -0.15) is 0 Å². The largest absolute Gasteiger partial charge is 0.361 e. The Kier molecular flexibility index (Phi) is 5.87. The van der Waals surface area contributed by atoms with Crippen molar-refractivity contribution in [3.8, 4) is 0 Å². The molecule has 10 heteroatoms. The van der Waals surface area contributed by atoms with Crippen LogP contribution < -0.4 is 0 Å². The lowest BCUT2D eigenvalue weighted by Gasteiger charge is -2.43. The maximum atomic E-state index is 13.9. The molecule has 2 atom stereocenters. The second kappa shape index (κ2) is 9.03. The van der Waals surface area contributed by atoms with E-state index in [0.717, 1.165) is 0 Å². The van der Waals surface area contributed by atoms with E-state index in [4.69, 9.17) is 0 Å². The van der Waals surface area contributed by atoms with Gasteiger partial charge in [0.25, 0.3) is 0 Å². The van der Waals surface area contributed by atoms with Crippen LogP contribution in [0.25, 0.3) is 21.8 Å². The van der Waals surface area contributed by atoms with Crippen LogP contribution >= 0.6 is 0 Å². The van der Waals surface area contributed by atoms with Crippen LogP contribution in [0.1, 0.15) is 42.2 Å². The van der Waals surface area contributed by atoms with Crippen molar-refractivity contribution in [2.24, 2.45) is 5.41 Å². The number of fused-ring (bicyclic) bond motifs is 2. The van der Waals surface area contributed by atoms with Crippen LogP contribution in [0.4, 0.5) is 0 Å². The van der Waals surface area contributed by atoms with E-state index >= 15 is 0 Å². The van der Waals surface area contributed by atoms with E-state index in [-0.39, 0.29) is 12.8 Å². The highest BCUT2D eigenvalue weighted by molar-refractivity contribution is 6.12. The van der Waals surface area contributed by atoms with Gasteiger partial charge in [-0.1, -0.05) is 36.4 Å². The summed E-state index contributed by atoms with van der Waals surface area (Å²) < 4.78 is 0. The molecule has 2 heterocycles. The van der Waals surface area contributed by atoms with Crippen molar-refractivity contribution in [2.75, 3.05) is 13.1 Å². The van der Waals surface area contributed by atoms with E-state index in [0.29, 0.717) is 39.4 Å². The standard InChI is InChI=1S/C26H24N4O6/c31-24-10-5-11-25(32)26(24,20(14-29(33)34)18-12-27-22-8-3-1-6-16(18)22)21(15-30(35)36)19-13-28-23-9-4-2-7-17(19)23/h1-4,6-9,12-13,20-21,27-28H,5,10-11,14-15H2. The number of H-pyrrole nitrogens is 2. The van der Waals surface area contributed by atoms with E-state index in [1.54, 1.807) is 60.9 Å². The molecule has 0 amide bonds. The van der Waals surface area contributed by atoms with Crippen molar-refractivity contribution in [3.63, 3.8) is 0 Å². The average molecular weight is 489 g/mol. The first-order chi connectivity index (χ1) is 17.3. The summed E-state index contributed by atoms with van der Waals surface area (Å²) in [5.41, 5.74) is 0.321. The topological polar surface area (TPSA) is 152 Å². The smallest absolute Gasteiger partial charge is 0.212 e. The number of carbonyl (C=O) groups excluding carboxylic acids is 2. The van der Waals surface area contributed by atoms with Crippen LogP contribution in [0, 0.1) is 25.6 Å². The van der Waals surface area contributed by atoms with Crippen LogP contribution in [-0.4, -0.2) is 44.5 Å². The zero-order valence-corrected chi connectivity index (χ0v) is 19.3. The minimum Gasteiger partial charge on any atom is -0.361 e. The van der Waals surface area contributed by atoms with Crippen molar-refractivity contribution in [2.45, 2.75) is 31.1 Å². The first-order valence-corrected chi connectivity index (χ1v) is 11.8. The summed E-state index contributed by atoms with van der Waals surface area (Å²) in [7, 11) is 0. The number of nitrogens with zero attached hydrogens (tertiary/aromatic N) is 2. The third kappa shape index (κ3) is 3.65. The second-order valence-corrected chi connectivity index (χ2v) is 9.28. The fourth-order valence-corrected chi connectivity index (χ4v) is 6.04. The molecular weight excluding hydrogens is 464 g/mol. The molecule has 2 aromatic heterocycles. The minimum absolute atomic E-state index is 0.0267. The molecule has 2 aromatic carbocycles. The van der Waals surface area contributed by atoms with Crippen molar-refractivity contribution in [1.82, 2.24) is 9.97 Å². The Labute approximate surface area is 205 Å². The van der Waals surface area contributed by atoms with E-state index in [2.05, 4.69) is 9.97 Å². The minimum atomic E-state index is -1.96. The van der Waals surface area contributed by atoms with E-state index < -0.39 is 51.8 Å². The number of aromatic amines is 2. The van der Waals surface area contributed by atoms with Gasteiger partial charge in [0.05, 0.1) is 11.8 Å².